The fourth-order valence-corrected chi connectivity index (χ4v) is 1.90. The van der Waals surface area contributed by atoms with Gasteiger partial charge in [0, 0.05) is 11.1 Å². The van der Waals surface area contributed by atoms with Crippen molar-refractivity contribution < 1.29 is 8.97 Å². The van der Waals surface area contributed by atoms with E-state index in [1.165, 1.54) is 17.7 Å². The van der Waals surface area contributed by atoms with Gasteiger partial charge in [-0.2, -0.15) is 0 Å². The van der Waals surface area contributed by atoms with E-state index in [-0.39, 0.29) is 0 Å². The molecule has 2 nitrogen and oxygen atoms in total. The molecule has 0 bridgehead atoms. The summed E-state index contributed by atoms with van der Waals surface area (Å²) >= 11 is 0. The summed E-state index contributed by atoms with van der Waals surface area (Å²) < 4.78 is 2.03. The molecule has 0 heterocycles. The summed E-state index contributed by atoms with van der Waals surface area (Å²) in [4.78, 5) is 0. The molecule has 0 saturated heterocycles. The van der Waals surface area contributed by atoms with Gasteiger partial charge in [-0.25, -0.2) is 0 Å². The zero-order valence-corrected chi connectivity index (χ0v) is 12.3. The maximum absolute atomic E-state index is 2.28. The topological polar surface area (TPSA) is 0 Å². The van der Waals surface area contributed by atoms with Crippen LogP contribution in [0.1, 0.15) is 18.1 Å². The minimum absolute atomic E-state index is 0.982. The normalized spacial score (nSPS) is 12.8. The molecule has 0 aromatic heterocycles. The number of hydrogen-bond acceptors (Lipinski definition) is 0. The van der Waals surface area contributed by atoms with Crippen molar-refractivity contribution in [1.82, 2.24) is 0 Å². The van der Waals surface area contributed by atoms with Crippen molar-refractivity contribution in [2.24, 2.45) is 0 Å². The van der Waals surface area contributed by atoms with Crippen molar-refractivity contribution >= 4 is 0 Å². The average molecular weight is 236 g/mol. The van der Waals surface area contributed by atoms with Gasteiger partial charge >= 0.3 is 0 Å². The molecule has 96 valence electrons. The average Bonchev–Trinajstić information content (AvgIpc) is 2.19. The van der Waals surface area contributed by atoms with Crippen molar-refractivity contribution in [2.45, 2.75) is 20.0 Å². The molecule has 1 rings (SSSR count). The van der Waals surface area contributed by atoms with E-state index in [1.54, 1.807) is 0 Å². The van der Waals surface area contributed by atoms with E-state index >= 15 is 0 Å². The molecule has 0 unspecified atom stereocenters. The predicted octanol–water partition coefficient (Wildman–Crippen LogP) is 2.49. The molecule has 17 heavy (non-hydrogen) atoms. The van der Waals surface area contributed by atoms with Gasteiger partial charge in [-0.15, -0.1) is 0 Å². The Morgan fingerprint density at radius 1 is 0.765 bits per heavy atom. The summed E-state index contributed by atoms with van der Waals surface area (Å²) in [7, 11) is 11.2. The van der Waals surface area contributed by atoms with Gasteiger partial charge in [0.15, 0.2) is 0 Å². The summed E-state index contributed by atoms with van der Waals surface area (Å²) in [6.45, 7) is 5.61. The Bertz CT molecular complexity index is 344. The lowest BCUT2D eigenvalue weighted by molar-refractivity contribution is -0.901. The first kappa shape index (κ1) is 14.2. The van der Waals surface area contributed by atoms with Crippen LogP contribution in [-0.4, -0.2) is 50.7 Å². The minimum Gasteiger partial charge on any atom is -0.327 e. The van der Waals surface area contributed by atoms with Gasteiger partial charge in [-0.3, -0.25) is 0 Å². The Morgan fingerprint density at radius 2 is 1.18 bits per heavy atom. The number of rotatable bonds is 5. The quantitative estimate of drug-likeness (QED) is 0.689. The number of nitrogens with zero attached hydrogens (tertiary/aromatic N) is 2. The van der Waals surface area contributed by atoms with E-state index in [1.807, 2.05) is 0 Å². The van der Waals surface area contributed by atoms with Gasteiger partial charge in [0.1, 0.15) is 13.1 Å². The number of benzene rings is 1. The zero-order valence-electron chi connectivity index (χ0n) is 12.3. The largest absolute Gasteiger partial charge is 0.327 e. The standard InChI is InChI=1S/C15H28N2/c1-7-17(5,6)13-15-10-8-14(9-11-15)12-16(2,3)4/h8-11H,7,12-13H2,1-6H3/q+2. The molecule has 0 spiro atoms. The second-order valence-corrected chi connectivity index (χ2v) is 6.68. The predicted molar refractivity (Wildman–Crippen MR) is 74.5 cm³/mol. The molecule has 0 aliphatic heterocycles. The van der Waals surface area contributed by atoms with Crippen molar-refractivity contribution in [1.29, 1.82) is 0 Å². The Balaban J connectivity index is 2.69. The molecule has 2 heteroatoms. The lowest BCUT2D eigenvalue weighted by Crippen LogP contribution is -2.38. The van der Waals surface area contributed by atoms with Crippen LogP contribution in [0, 0.1) is 0 Å². The van der Waals surface area contributed by atoms with Crippen molar-refractivity contribution in [2.75, 3.05) is 41.8 Å². The highest BCUT2D eigenvalue weighted by molar-refractivity contribution is 5.21. The van der Waals surface area contributed by atoms with Gasteiger partial charge in [0.05, 0.1) is 41.8 Å². The van der Waals surface area contributed by atoms with E-state index in [0.29, 0.717) is 0 Å². The van der Waals surface area contributed by atoms with Crippen LogP contribution in [0.4, 0.5) is 0 Å². The Hall–Kier alpha value is -0.860. The van der Waals surface area contributed by atoms with Gasteiger partial charge in [-0.1, -0.05) is 24.3 Å². The summed E-state index contributed by atoms with van der Waals surface area (Å²) in [6.07, 6.45) is 0. The van der Waals surface area contributed by atoms with Crippen LogP contribution in [-0.2, 0) is 13.1 Å². The highest BCUT2D eigenvalue weighted by Crippen LogP contribution is 2.12. The van der Waals surface area contributed by atoms with Gasteiger partial charge in [0.25, 0.3) is 0 Å². The molecule has 0 aliphatic carbocycles. The van der Waals surface area contributed by atoms with Gasteiger partial charge in [0.2, 0.25) is 0 Å². The van der Waals surface area contributed by atoms with Crippen LogP contribution in [0.15, 0.2) is 24.3 Å². The Morgan fingerprint density at radius 3 is 1.53 bits per heavy atom. The van der Waals surface area contributed by atoms with Crippen molar-refractivity contribution in [3.05, 3.63) is 35.4 Å². The van der Waals surface area contributed by atoms with Gasteiger partial charge < -0.3 is 8.97 Å². The van der Waals surface area contributed by atoms with Crippen LogP contribution in [0.3, 0.4) is 0 Å². The smallest absolute Gasteiger partial charge is 0.104 e. The molecule has 0 saturated carbocycles. The molecule has 1 aromatic rings. The fraction of sp³-hybridized carbons (Fsp3) is 0.600. The van der Waals surface area contributed by atoms with Crippen LogP contribution in [0.2, 0.25) is 0 Å². The van der Waals surface area contributed by atoms with Crippen LogP contribution >= 0.6 is 0 Å². The zero-order chi connectivity index (χ0) is 13.1. The van der Waals surface area contributed by atoms with E-state index < -0.39 is 0 Å². The number of quaternary nitrogens is 2. The Labute approximate surface area is 107 Å². The maximum Gasteiger partial charge on any atom is 0.104 e. The molecule has 0 radical (unpaired) electrons. The highest BCUT2D eigenvalue weighted by Gasteiger charge is 2.13. The first-order valence-electron chi connectivity index (χ1n) is 6.42. The van der Waals surface area contributed by atoms with Crippen molar-refractivity contribution in [3.8, 4) is 0 Å². The van der Waals surface area contributed by atoms with Gasteiger partial charge in [-0.05, 0) is 6.92 Å². The van der Waals surface area contributed by atoms with E-state index in [0.717, 1.165) is 22.1 Å². The Kier molecular flexibility index (Phi) is 4.34. The summed E-state index contributed by atoms with van der Waals surface area (Å²) in [5.41, 5.74) is 2.85. The third kappa shape index (κ3) is 5.33. The molecule has 0 N–H and O–H groups in total. The third-order valence-electron chi connectivity index (χ3n) is 3.15. The molecule has 0 aliphatic rings. The van der Waals surface area contributed by atoms with Crippen LogP contribution < -0.4 is 0 Å². The maximum atomic E-state index is 2.28. The van der Waals surface area contributed by atoms with E-state index in [2.05, 4.69) is 66.4 Å². The second-order valence-electron chi connectivity index (χ2n) is 6.68. The first-order chi connectivity index (χ1) is 7.72. The van der Waals surface area contributed by atoms with Crippen LogP contribution in [0.25, 0.3) is 0 Å². The molecule has 0 amide bonds. The molecule has 0 atom stereocenters. The molecular formula is C15H28N2+2. The minimum atomic E-state index is 0.982. The van der Waals surface area contributed by atoms with E-state index in [4.69, 9.17) is 0 Å². The van der Waals surface area contributed by atoms with Crippen molar-refractivity contribution in [3.63, 3.8) is 0 Å². The summed E-state index contributed by atoms with van der Waals surface area (Å²) in [5, 5.41) is 0. The molecule has 0 fully saturated rings. The molecular weight excluding hydrogens is 208 g/mol. The highest BCUT2D eigenvalue weighted by atomic mass is 15.3. The second kappa shape index (κ2) is 5.19. The van der Waals surface area contributed by atoms with E-state index in [9.17, 15) is 0 Å². The summed E-state index contributed by atoms with van der Waals surface area (Å²) in [6, 6.07) is 9.10. The van der Waals surface area contributed by atoms with Crippen LogP contribution in [0.5, 0.6) is 0 Å². The molecule has 1 aromatic carbocycles. The monoisotopic (exact) mass is 236 g/mol. The number of hydrogen-bond donors (Lipinski definition) is 0. The summed E-state index contributed by atoms with van der Waals surface area (Å²) in [5.74, 6) is 0. The fourth-order valence-electron chi connectivity index (χ4n) is 1.90. The lowest BCUT2D eigenvalue weighted by Gasteiger charge is -2.28. The SMILES string of the molecule is CC[N+](C)(C)Cc1ccc(C[N+](C)(C)C)cc1. The lowest BCUT2D eigenvalue weighted by atomic mass is 10.1. The first-order valence-corrected chi connectivity index (χ1v) is 6.42. The third-order valence-corrected chi connectivity index (χ3v) is 3.15.